The van der Waals surface area contributed by atoms with Crippen molar-refractivity contribution in [1.82, 2.24) is 4.98 Å². The molecular weight excluding hydrogens is 336 g/mol. The SMILES string of the molecule is [C-]#[N+]c1cc(-c2nc(C)c(C(=O)OCCC)s2)ccc1OCC(C)C. The number of aryl methyl sites for hydroxylation is 1. The molecule has 0 amide bonds. The van der Waals surface area contributed by atoms with Gasteiger partial charge in [0.05, 0.1) is 25.5 Å². The van der Waals surface area contributed by atoms with Crippen molar-refractivity contribution in [2.24, 2.45) is 5.92 Å². The number of ether oxygens (including phenoxy) is 2. The van der Waals surface area contributed by atoms with Gasteiger partial charge in [0.25, 0.3) is 0 Å². The fourth-order valence-corrected chi connectivity index (χ4v) is 3.04. The summed E-state index contributed by atoms with van der Waals surface area (Å²) in [6.07, 6.45) is 0.780. The summed E-state index contributed by atoms with van der Waals surface area (Å²) in [4.78, 5) is 20.6. The third kappa shape index (κ3) is 4.80. The second-order valence-corrected chi connectivity index (χ2v) is 7.07. The molecule has 0 saturated heterocycles. The largest absolute Gasteiger partial charge is 0.504 e. The van der Waals surface area contributed by atoms with Crippen LogP contribution in [0.3, 0.4) is 0 Å². The smallest absolute Gasteiger partial charge is 0.350 e. The quantitative estimate of drug-likeness (QED) is 0.500. The van der Waals surface area contributed by atoms with Crippen LogP contribution in [-0.2, 0) is 4.74 Å². The molecule has 0 atom stereocenters. The highest BCUT2D eigenvalue weighted by Gasteiger charge is 2.18. The summed E-state index contributed by atoms with van der Waals surface area (Å²) in [6, 6.07) is 5.41. The molecule has 0 aliphatic heterocycles. The van der Waals surface area contributed by atoms with Gasteiger partial charge in [0, 0.05) is 5.56 Å². The standard InChI is InChI=1S/C19H22N2O3S/c1-6-9-23-19(22)17-13(4)21-18(25-17)14-7-8-16(15(10-14)20-5)24-11-12(2)3/h7-8,10,12H,6,9,11H2,1-4H3. The first-order chi connectivity index (χ1) is 12.0. The van der Waals surface area contributed by atoms with Crippen molar-refractivity contribution in [2.45, 2.75) is 34.1 Å². The lowest BCUT2D eigenvalue weighted by atomic mass is 10.2. The minimum atomic E-state index is -0.342. The van der Waals surface area contributed by atoms with Gasteiger partial charge in [-0.15, -0.1) is 11.3 Å². The summed E-state index contributed by atoms with van der Waals surface area (Å²) in [6.45, 7) is 16.2. The predicted molar refractivity (Wildman–Crippen MR) is 99.5 cm³/mol. The molecule has 0 N–H and O–H groups in total. The number of esters is 1. The summed E-state index contributed by atoms with van der Waals surface area (Å²) < 4.78 is 10.9. The lowest BCUT2D eigenvalue weighted by Gasteiger charge is -2.10. The van der Waals surface area contributed by atoms with Crippen LogP contribution in [0.2, 0.25) is 0 Å². The predicted octanol–water partition coefficient (Wildman–Crippen LogP) is 5.27. The van der Waals surface area contributed by atoms with Gasteiger partial charge in [0.15, 0.2) is 0 Å². The van der Waals surface area contributed by atoms with Gasteiger partial charge in [-0.05, 0) is 31.4 Å². The van der Waals surface area contributed by atoms with Crippen LogP contribution in [0.4, 0.5) is 5.69 Å². The second-order valence-electron chi connectivity index (χ2n) is 6.07. The van der Waals surface area contributed by atoms with Gasteiger partial charge < -0.3 is 9.47 Å². The van der Waals surface area contributed by atoms with E-state index in [9.17, 15) is 4.79 Å². The molecule has 0 unspecified atom stereocenters. The van der Waals surface area contributed by atoms with Crippen molar-refractivity contribution in [2.75, 3.05) is 13.2 Å². The average Bonchev–Trinajstić information content (AvgIpc) is 2.99. The van der Waals surface area contributed by atoms with Crippen LogP contribution in [0.15, 0.2) is 18.2 Å². The molecule has 0 spiro atoms. The van der Waals surface area contributed by atoms with Crippen molar-refractivity contribution < 1.29 is 14.3 Å². The topological polar surface area (TPSA) is 52.8 Å². The molecule has 1 aromatic carbocycles. The zero-order valence-electron chi connectivity index (χ0n) is 15.0. The first kappa shape index (κ1) is 18.9. The zero-order valence-corrected chi connectivity index (χ0v) is 15.8. The number of nitrogens with zero attached hydrogens (tertiary/aromatic N) is 2. The first-order valence-corrected chi connectivity index (χ1v) is 9.07. The first-order valence-electron chi connectivity index (χ1n) is 8.25. The lowest BCUT2D eigenvalue weighted by molar-refractivity contribution is 0.0510. The highest BCUT2D eigenvalue weighted by molar-refractivity contribution is 7.17. The van der Waals surface area contributed by atoms with E-state index in [2.05, 4.69) is 23.7 Å². The molecule has 0 aliphatic rings. The molecular formula is C19H22N2O3S. The highest BCUT2D eigenvalue weighted by Crippen LogP contribution is 2.35. The maximum absolute atomic E-state index is 12.1. The van der Waals surface area contributed by atoms with E-state index in [1.807, 2.05) is 13.0 Å². The third-order valence-corrected chi connectivity index (χ3v) is 4.50. The zero-order chi connectivity index (χ0) is 18.4. The van der Waals surface area contributed by atoms with E-state index in [1.165, 1.54) is 11.3 Å². The average molecular weight is 358 g/mol. The maximum Gasteiger partial charge on any atom is 0.350 e. The number of rotatable bonds is 7. The molecule has 25 heavy (non-hydrogen) atoms. The Morgan fingerprint density at radius 3 is 2.80 bits per heavy atom. The Bertz CT molecular complexity index is 790. The monoisotopic (exact) mass is 358 g/mol. The molecule has 1 heterocycles. The van der Waals surface area contributed by atoms with E-state index in [0.29, 0.717) is 46.1 Å². The van der Waals surface area contributed by atoms with Gasteiger partial charge in [-0.25, -0.2) is 14.6 Å². The molecule has 0 fully saturated rings. The van der Waals surface area contributed by atoms with Crippen molar-refractivity contribution >= 4 is 23.0 Å². The fraction of sp³-hybridized carbons (Fsp3) is 0.421. The van der Waals surface area contributed by atoms with E-state index in [4.69, 9.17) is 16.0 Å². The second kappa shape index (κ2) is 8.63. The summed E-state index contributed by atoms with van der Waals surface area (Å²) >= 11 is 1.29. The lowest BCUT2D eigenvalue weighted by Crippen LogP contribution is -2.05. The number of hydrogen-bond acceptors (Lipinski definition) is 5. The molecule has 6 heteroatoms. The van der Waals surface area contributed by atoms with Crippen LogP contribution in [-0.4, -0.2) is 24.2 Å². The van der Waals surface area contributed by atoms with E-state index in [0.717, 1.165) is 12.0 Å². The number of benzene rings is 1. The van der Waals surface area contributed by atoms with Crippen LogP contribution in [0.25, 0.3) is 15.4 Å². The van der Waals surface area contributed by atoms with Crippen molar-refractivity contribution in [3.05, 3.63) is 40.2 Å². The summed E-state index contributed by atoms with van der Waals surface area (Å²) in [7, 11) is 0. The van der Waals surface area contributed by atoms with E-state index in [-0.39, 0.29) is 5.97 Å². The number of thiazole rings is 1. The fourth-order valence-electron chi connectivity index (χ4n) is 2.09. The van der Waals surface area contributed by atoms with Gasteiger partial charge in [0.1, 0.15) is 15.6 Å². The summed E-state index contributed by atoms with van der Waals surface area (Å²) in [5.41, 5.74) is 1.89. The summed E-state index contributed by atoms with van der Waals surface area (Å²) in [5.74, 6) is 0.616. The Labute approximate surface area is 152 Å². The van der Waals surface area contributed by atoms with Crippen molar-refractivity contribution in [1.29, 1.82) is 0 Å². The third-order valence-electron chi connectivity index (χ3n) is 3.32. The Morgan fingerprint density at radius 2 is 2.16 bits per heavy atom. The number of carbonyl (C=O) groups is 1. The van der Waals surface area contributed by atoms with Gasteiger partial charge >= 0.3 is 5.97 Å². The molecule has 0 aliphatic carbocycles. The van der Waals surface area contributed by atoms with Crippen LogP contribution < -0.4 is 4.74 Å². The van der Waals surface area contributed by atoms with Gasteiger partial charge in [0.2, 0.25) is 5.69 Å². The molecule has 132 valence electrons. The number of hydrogen-bond donors (Lipinski definition) is 0. The number of carbonyl (C=O) groups excluding carboxylic acids is 1. The Balaban J connectivity index is 2.27. The molecule has 0 bridgehead atoms. The van der Waals surface area contributed by atoms with Gasteiger partial charge in [-0.2, -0.15) is 0 Å². The van der Waals surface area contributed by atoms with E-state index < -0.39 is 0 Å². The molecule has 0 saturated carbocycles. The molecule has 1 aromatic heterocycles. The molecule has 2 aromatic rings. The van der Waals surface area contributed by atoms with Crippen LogP contribution in [0, 0.1) is 19.4 Å². The Hall–Kier alpha value is -2.39. The van der Waals surface area contributed by atoms with E-state index in [1.54, 1.807) is 19.1 Å². The van der Waals surface area contributed by atoms with Gasteiger partial charge in [-0.1, -0.05) is 26.8 Å². The van der Waals surface area contributed by atoms with Crippen molar-refractivity contribution in [3.63, 3.8) is 0 Å². The number of aromatic nitrogens is 1. The minimum absolute atomic E-state index is 0.342. The van der Waals surface area contributed by atoms with Crippen LogP contribution in [0.5, 0.6) is 5.75 Å². The normalized spacial score (nSPS) is 10.6. The van der Waals surface area contributed by atoms with Gasteiger partial charge in [-0.3, -0.25) is 0 Å². The van der Waals surface area contributed by atoms with E-state index >= 15 is 0 Å². The minimum Gasteiger partial charge on any atom is -0.504 e. The summed E-state index contributed by atoms with van der Waals surface area (Å²) in [5, 5.41) is 0.696. The van der Waals surface area contributed by atoms with Crippen molar-refractivity contribution in [3.8, 4) is 16.3 Å². The van der Waals surface area contributed by atoms with Crippen LogP contribution in [0.1, 0.15) is 42.6 Å². The Kier molecular flexibility index (Phi) is 6.54. The molecule has 0 radical (unpaired) electrons. The highest BCUT2D eigenvalue weighted by atomic mass is 32.1. The van der Waals surface area contributed by atoms with Crippen LogP contribution >= 0.6 is 11.3 Å². The maximum atomic E-state index is 12.1. The Morgan fingerprint density at radius 1 is 1.40 bits per heavy atom. The molecule has 2 rings (SSSR count). The molecule has 5 nitrogen and oxygen atoms in total.